The van der Waals surface area contributed by atoms with Gasteiger partial charge in [0.15, 0.2) is 11.9 Å². The zero-order valence-electron chi connectivity index (χ0n) is 38.0. The van der Waals surface area contributed by atoms with Crippen molar-refractivity contribution in [2.24, 2.45) is 50.3 Å². The van der Waals surface area contributed by atoms with Crippen molar-refractivity contribution in [3.8, 4) is 5.75 Å². The van der Waals surface area contributed by atoms with E-state index in [9.17, 15) is 43.8 Å². The number of aromatic hydroxyl groups is 1. The highest BCUT2D eigenvalue weighted by molar-refractivity contribution is 5.97. The van der Waals surface area contributed by atoms with E-state index in [1.807, 2.05) is 13.8 Å². The summed E-state index contributed by atoms with van der Waals surface area (Å²) < 4.78 is 0. The summed E-state index contributed by atoms with van der Waals surface area (Å²) in [5.74, 6) is -5.45. The molecule has 0 bridgehead atoms. The van der Waals surface area contributed by atoms with Gasteiger partial charge in [0.2, 0.25) is 35.4 Å². The van der Waals surface area contributed by atoms with Gasteiger partial charge in [-0.25, -0.2) is 4.79 Å². The average molecular weight is 917 g/mol. The van der Waals surface area contributed by atoms with Gasteiger partial charge in [0.25, 0.3) is 0 Å². The number of phenols is 1. The van der Waals surface area contributed by atoms with Crippen LogP contribution in [0.1, 0.15) is 90.5 Å². The molecule has 23 heteroatoms. The van der Waals surface area contributed by atoms with Gasteiger partial charge in [-0.2, -0.15) is 0 Å². The number of benzene rings is 1. The topological polar surface area (TPSA) is 395 Å². The Morgan fingerprint density at radius 2 is 1.34 bits per heavy atom. The van der Waals surface area contributed by atoms with Crippen LogP contribution in [-0.4, -0.2) is 149 Å². The number of carboxylic acids is 1. The molecule has 18 N–H and O–H groups in total. The van der Waals surface area contributed by atoms with Crippen LogP contribution in [0.3, 0.4) is 0 Å². The summed E-state index contributed by atoms with van der Waals surface area (Å²) in [5, 5.41) is 30.3. The molecule has 1 aliphatic rings. The van der Waals surface area contributed by atoms with Crippen molar-refractivity contribution < 1.29 is 43.8 Å². The predicted molar refractivity (Wildman–Crippen MR) is 244 cm³/mol. The normalized spacial score (nSPS) is 16.2. The summed E-state index contributed by atoms with van der Waals surface area (Å²) in [4.78, 5) is 105. The lowest BCUT2D eigenvalue weighted by molar-refractivity contribution is -0.145. The number of hydrogen-bond donors (Lipinski definition) is 12. The van der Waals surface area contributed by atoms with E-state index >= 15 is 0 Å². The van der Waals surface area contributed by atoms with Crippen molar-refractivity contribution in [2.75, 3.05) is 33.2 Å². The lowest BCUT2D eigenvalue weighted by atomic mass is 10.0. The quantitative estimate of drug-likeness (QED) is 0.0233. The van der Waals surface area contributed by atoms with Crippen LogP contribution in [0.2, 0.25) is 0 Å². The van der Waals surface area contributed by atoms with Crippen molar-refractivity contribution in [2.45, 2.75) is 134 Å². The molecule has 0 saturated carbocycles. The van der Waals surface area contributed by atoms with Crippen LogP contribution >= 0.6 is 0 Å². The molecule has 1 saturated heterocycles. The molecular weight excluding hydrogens is 845 g/mol. The lowest BCUT2D eigenvalue weighted by Gasteiger charge is -2.32. The maximum Gasteiger partial charge on any atom is 0.326 e. The summed E-state index contributed by atoms with van der Waals surface area (Å²) in [6, 6.07) is -2.29. The number of likely N-dealkylation sites (N-methyl/N-ethyl adjacent to an activating group) is 1. The highest BCUT2D eigenvalue weighted by Crippen LogP contribution is 2.20. The number of nitrogens with two attached hydrogens (primary N) is 6. The first-order valence-electron chi connectivity index (χ1n) is 22.1. The number of carbonyl (C=O) groups is 7. The van der Waals surface area contributed by atoms with Gasteiger partial charge in [-0.05, 0) is 81.4 Å². The Hall–Kier alpha value is -6.23. The van der Waals surface area contributed by atoms with Crippen LogP contribution in [0, 0.1) is 5.92 Å². The number of aliphatic carboxylic acids is 1. The molecule has 0 radical (unpaired) electrons. The summed E-state index contributed by atoms with van der Waals surface area (Å²) in [6.45, 7) is 5.90. The summed E-state index contributed by atoms with van der Waals surface area (Å²) >= 11 is 0. The molecule has 0 aliphatic carbocycles. The van der Waals surface area contributed by atoms with Gasteiger partial charge in [0.05, 0.1) is 6.04 Å². The Morgan fingerprint density at radius 3 is 1.88 bits per heavy atom. The largest absolute Gasteiger partial charge is 0.508 e. The van der Waals surface area contributed by atoms with Gasteiger partial charge < -0.3 is 75.7 Å². The molecule has 1 aromatic carbocycles. The standard InChI is InChI=1S/C42H72N14O9/c1-5-9-28(51-35(59)29(11-7-20-50-42(47)48)52-36(60)32-12-8-21-56(32)38(62)27(44)10-6-19-49-41(45)46)34(58)54-31(22-25-14-16-26(57)17-15-25)39(63)55(4)33(23-43)37(61)53-30(40(64)65)18-13-24(2)3/h14-17,24,27-33,57H,5-13,18-23,43-44H2,1-4H3,(H,51,59)(H,52,60)(H,53,61)(H,54,58)(H,64,65)(H4,45,46,49)(H4,47,48,50)/t27-,28-,29-,30-,31-,32-,33-/m0/s1. The minimum absolute atomic E-state index is 0.0370. The molecule has 6 amide bonds. The first kappa shape index (κ1) is 54.9. The third-order valence-corrected chi connectivity index (χ3v) is 10.9. The third kappa shape index (κ3) is 18.8. The fourth-order valence-corrected chi connectivity index (χ4v) is 7.23. The first-order chi connectivity index (χ1) is 30.7. The van der Waals surface area contributed by atoms with Crippen molar-refractivity contribution in [3.05, 3.63) is 29.8 Å². The predicted octanol–water partition coefficient (Wildman–Crippen LogP) is -2.59. The molecule has 1 aromatic rings. The molecular formula is C42H72N14O9. The molecule has 0 aromatic heterocycles. The molecule has 1 aliphatic heterocycles. The van der Waals surface area contributed by atoms with Crippen molar-refractivity contribution >= 4 is 53.3 Å². The molecule has 2 rings (SSSR count). The lowest BCUT2D eigenvalue weighted by Crippen LogP contribution is -2.61. The highest BCUT2D eigenvalue weighted by Gasteiger charge is 2.39. The summed E-state index contributed by atoms with van der Waals surface area (Å²) in [6.07, 6.45) is 2.86. The van der Waals surface area contributed by atoms with Crippen LogP contribution in [-0.2, 0) is 40.0 Å². The van der Waals surface area contributed by atoms with E-state index < -0.39 is 83.7 Å². The average Bonchev–Trinajstić information content (AvgIpc) is 3.75. The smallest absolute Gasteiger partial charge is 0.326 e. The Labute approximate surface area is 380 Å². The summed E-state index contributed by atoms with van der Waals surface area (Å²) in [7, 11) is 1.31. The third-order valence-electron chi connectivity index (χ3n) is 10.9. The molecule has 0 unspecified atom stereocenters. The minimum Gasteiger partial charge on any atom is -0.508 e. The number of aliphatic imine (C=N–C) groups is 2. The van der Waals surface area contributed by atoms with Crippen LogP contribution in [0.5, 0.6) is 5.75 Å². The van der Waals surface area contributed by atoms with Gasteiger partial charge in [0, 0.05) is 39.6 Å². The molecule has 1 fully saturated rings. The van der Waals surface area contributed by atoms with Gasteiger partial charge in [0.1, 0.15) is 42.0 Å². The van der Waals surface area contributed by atoms with E-state index in [2.05, 4.69) is 31.3 Å². The van der Waals surface area contributed by atoms with Gasteiger partial charge in [-0.1, -0.05) is 39.3 Å². The first-order valence-corrected chi connectivity index (χ1v) is 22.1. The maximum atomic E-state index is 14.2. The number of carboxylic acid groups (broad SMARTS) is 1. The number of carbonyl (C=O) groups excluding carboxylic acids is 6. The van der Waals surface area contributed by atoms with Gasteiger partial charge >= 0.3 is 5.97 Å². The number of phenolic OH excluding ortho intramolecular Hbond substituents is 1. The second kappa shape index (κ2) is 27.8. The van der Waals surface area contributed by atoms with E-state index in [4.69, 9.17) is 34.4 Å². The molecule has 7 atom stereocenters. The molecule has 1 heterocycles. The van der Waals surface area contributed by atoms with Gasteiger partial charge in [-0.3, -0.25) is 38.8 Å². The number of guanidine groups is 2. The van der Waals surface area contributed by atoms with Crippen LogP contribution in [0.25, 0.3) is 0 Å². The number of hydrogen-bond acceptors (Lipinski definition) is 12. The minimum atomic E-state index is -1.34. The molecule has 65 heavy (non-hydrogen) atoms. The fraction of sp³-hybridized carbons (Fsp3) is 0.643. The molecule has 364 valence electrons. The van der Waals surface area contributed by atoms with E-state index in [1.54, 1.807) is 19.1 Å². The van der Waals surface area contributed by atoms with E-state index in [-0.39, 0.29) is 88.3 Å². The number of likely N-dealkylation sites (tertiary alicyclic amines) is 1. The van der Waals surface area contributed by atoms with E-state index in [1.165, 1.54) is 24.1 Å². The van der Waals surface area contributed by atoms with Crippen LogP contribution in [0.4, 0.5) is 0 Å². The van der Waals surface area contributed by atoms with Gasteiger partial charge in [-0.15, -0.1) is 0 Å². The van der Waals surface area contributed by atoms with Crippen molar-refractivity contribution in [1.29, 1.82) is 0 Å². The fourth-order valence-electron chi connectivity index (χ4n) is 7.23. The van der Waals surface area contributed by atoms with Crippen molar-refractivity contribution in [3.63, 3.8) is 0 Å². The second-order valence-electron chi connectivity index (χ2n) is 16.6. The molecule has 23 nitrogen and oxygen atoms in total. The van der Waals surface area contributed by atoms with Crippen molar-refractivity contribution in [1.82, 2.24) is 31.1 Å². The Balaban J connectivity index is 2.37. The second-order valence-corrected chi connectivity index (χ2v) is 16.6. The number of rotatable bonds is 28. The Bertz CT molecular complexity index is 1800. The number of nitrogens with zero attached hydrogens (tertiary/aromatic N) is 4. The van der Waals surface area contributed by atoms with E-state index in [0.29, 0.717) is 37.7 Å². The van der Waals surface area contributed by atoms with E-state index in [0.717, 1.165) is 4.90 Å². The Kier molecular flexibility index (Phi) is 23.5. The SMILES string of the molecule is CCC[C@H](NC(=O)[C@H](CCCN=C(N)N)NC(=O)[C@@H]1CCCN1C(=O)[C@@H](N)CCCN=C(N)N)C(=O)N[C@@H](Cc1ccc(O)cc1)C(=O)N(C)[C@@H](CN)C(=O)N[C@@H](CCC(C)C)C(=O)O. The zero-order valence-corrected chi connectivity index (χ0v) is 38.0. The number of nitrogens with one attached hydrogen (secondary N) is 4. The summed E-state index contributed by atoms with van der Waals surface area (Å²) in [5.41, 5.74) is 34.4. The Morgan fingerprint density at radius 1 is 0.785 bits per heavy atom. The zero-order chi connectivity index (χ0) is 48.8. The highest BCUT2D eigenvalue weighted by atomic mass is 16.4. The van der Waals surface area contributed by atoms with Crippen LogP contribution in [0.15, 0.2) is 34.3 Å². The monoisotopic (exact) mass is 917 g/mol. The number of amides is 6. The van der Waals surface area contributed by atoms with Crippen LogP contribution < -0.4 is 55.7 Å². The maximum absolute atomic E-state index is 14.2. The molecule has 0 spiro atoms.